The topological polar surface area (TPSA) is 37.0 Å². The van der Waals surface area contributed by atoms with E-state index in [4.69, 9.17) is 0 Å². The first kappa shape index (κ1) is 13.9. The lowest BCUT2D eigenvalue weighted by Gasteiger charge is -2.21. The Morgan fingerprint density at radius 3 is 2.81 bits per heavy atom. The minimum Gasteiger partial charge on any atom is -0.339 e. The Morgan fingerprint density at radius 1 is 1.14 bits per heavy atom. The fourth-order valence-corrected chi connectivity index (χ4v) is 2.51. The first-order valence-corrected chi connectivity index (χ1v) is 6.66. The van der Waals surface area contributed by atoms with Gasteiger partial charge in [0, 0.05) is 18.4 Å². The number of fused-ring (bicyclic) bond motifs is 1. The number of halogens is 3. The lowest BCUT2D eigenvalue weighted by molar-refractivity contribution is -0.137. The number of alkyl halides is 3. The zero-order valence-electron chi connectivity index (χ0n) is 11.2. The molecule has 0 aliphatic carbocycles. The lowest BCUT2D eigenvalue weighted by atomic mass is 9.99. The molecule has 0 fully saturated rings. The molecule has 1 aliphatic heterocycles. The fraction of sp³-hybridized carbons (Fsp3) is 0.267. The Morgan fingerprint density at radius 2 is 2.00 bits per heavy atom. The highest BCUT2D eigenvalue weighted by Crippen LogP contribution is 2.35. The van der Waals surface area contributed by atoms with Crippen molar-refractivity contribution in [3.05, 3.63) is 53.2 Å². The zero-order chi connectivity index (χ0) is 14.9. The van der Waals surface area contributed by atoms with Crippen LogP contribution in [0.25, 0.3) is 0 Å². The Hall–Kier alpha value is -2.08. The maximum Gasteiger partial charge on any atom is 0.419 e. The molecular formula is C15H14F3N3. The van der Waals surface area contributed by atoms with Crippen molar-refractivity contribution in [1.82, 2.24) is 10.3 Å². The summed E-state index contributed by atoms with van der Waals surface area (Å²) in [5.41, 5.74) is 2.10. The molecule has 0 atom stereocenters. The van der Waals surface area contributed by atoms with Crippen LogP contribution in [0.3, 0.4) is 0 Å². The molecule has 2 heterocycles. The van der Waals surface area contributed by atoms with Gasteiger partial charge in [0.1, 0.15) is 5.82 Å². The molecule has 0 amide bonds. The van der Waals surface area contributed by atoms with E-state index in [0.717, 1.165) is 36.7 Å². The van der Waals surface area contributed by atoms with Gasteiger partial charge in [-0.05, 0) is 42.3 Å². The van der Waals surface area contributed by atoms with Gasteiger partial charge in [-0.25, -0.2) is 4.98 Å². The summed E-state index contributed by atoms with van der Waals surface area (Å²) < 4.78 is 39.0. The molecule has 1 aromatic carbocycles. The summed E-state index contributed by atoms with van der Waals surface area (Å²) in [7, 11) is 0. The van der Waals surface area contributed by atoms with Crippen molar-refractivity contribution in [3.63, 3.8) is 0 Å². The van der Waals surface area contributed by atoms with E-state index in [1.54, 1.807) is 6.07 Å². The van der Waals surface area contributed by atoms with E-state index in [9.17, 15) is 13.2 Å². The minimum absolute atomic E-state index is 0.156. The van der Waals surface area contributed by atoms with E-state index in [1.165, 1.54) is 12.3 Å². The third kappa shape index (κ3) is 2.85. The van der Waals surface area contributed by atoms with E-state index in [0.29, 0.717) is 5.69 Å². The van der Waals surface area contributed by atoms with Crippen molar-refractivity contribution in [2.45, 2.75) is 19.1 Å². The highest BCUT2D eigenvalue weighted by molar-refractivity contribution is 5.65. The second-order valence-corrected chi connectivity index (χ2v) is 4.89. The van der Waals surface area contributed by atoms with Crippen molar-refractivity contribution in [2.24, 2.45) is 0 Å². The molecular weight excluding hydrogens is 279 g/mol. The second kappa shape index (κ2) is 5.37. The number of aromatic nitrogens is 1. The molecule has 0 saturated heterocycles. The molecule has 1 aliphatic rings. The number of hydrogen-bond donors (Lipinski definition) is 2. The molecule has 0 saturated carbocycles. The number of hydrogen-bond acceptors (Lipinski definition) is 3. The predicted octanol–water partition coefficient (Wildman–Crippen LogP) is 3.49. The summed E-state index contributed by atoms with van der Waals surface area (Å²) in [6.07, 6.45) is -2.28. The van der Waals surface area contributed by atoms with Gasteiger partial charge < -0.3 is 10.6 Å². The van der Waals surface area contributed by atoms with Crippen LogP contribution in [-0.4, -0.2) is 11.5 Å². The van der Waals surface area contributed by atoms with Gasteiger partial charge in [0.25, 0.3) is 0 Å². The smallest absolute Gasteiger partial charge is 0.339 e. The summed E-state index contributed by atoms with van der Waals surface area (Å²) in [6, 6.07) is 7.93. The van der Waals surface area contributed by atoms with Crippen LogP contribution < -0.4 is 10.6 Å². The SMILES string of the molecule is FC(F)(F)c1cccnc1Nc1cccc2c1CCNC2. The molecule has 2 N–H and O–H groups in total. The van der Waals surface area contributed by atoms with Crippen LogP contribution in [0.1, 0.15) is 16.7 Å². The molecule has 110 valence electrons. The molecule has 21 heavy (non-hydrogen) atoms. The predicted molar refractivity (Wildman–Crippen MR) is 74.4 cm³/mol. The number of rotatable bonds is 2. The van der Waals surface area contributed by atoms with Gasteiger partial charge in [0.15, 0.2) is 0 Å². The fourth-order valence-electron chi connectivity index (χ4n) is 2.51. The summed E-state index contributed by atoms with van der Waals surface area (Å²) in [6.45, 7) is 1.55. The number of pyridine rings is 1. The minimum atomic E-state index is -4.42. The summed E-state index contributed by atoms with van der Waals surface area (Å²) in [4.78, 5) is 3.84. The number of nitrogens with zero attached hydrogens (tertiary/aromatic N) is 1. The van der Waals surface area contributed by atoms with Crippen LogP contribution in [0.5, 0.6) is 0 Å². The highest BCUT2D eigenvalue weighted by atomic mass is 19.4. The largest absolute Gasteiger partial charge is 0.419 e. The Kier molecular flexibility index (Phi) is 3.55. The van der Waals surface area contributed by atoms with Crippen LogP contribution in [-0.2, 0) is 19.1 Å². The van der Waals surface area contributed by atoms with Crippen molar-refractivity contribution in [2.75, 3.05) is 11.9 Å². The molecule has 3 rings (SSSR count). The normalized spacial score (nSPS) is 14.6. The van der Waals surface area contributed by atoms with Gasteiger partial charge in [-0.2, -0.15) is 13.2 Å². The average Bonchev–Trinajstić information content (AvgIpc) is 2.47. The third-order valence-corrected chi connectivity index (χ3v) is 3.51. The molecule has 0 unspecified atom stereocenters. The number of benzene rings is 1. The van der Waals surface area contributed by atoms with Gasteiger partial charge >= 0.3 is 6.18 Å². The molecule has 2 aromatic rings. The van der Waals surface area contributed by atoms with E-state index < -0.39 is 11.7 Å². The van der Waals surface area contributed by atoms with Crippen molar-refractivity contribution >= 4 is 11.5 Å². The zero-order valence-corrected chi connectivity index (χ0v) is 11.2. The van der Waals surface area contributed by atoms with E-state index >= 15 is 0 Å². The van der Waals surface area contributed by atoms with Crippen LogP contribution >= 0.6 is 0 Å². The van der Waals surface area contributed by atoms with E-state index in [2.05, 4.69) is 15.6 Å². The molecule has 1 aromatic heterocycles. The van der Waals surface area contributed by atoms with Crippen molar-refractivity contribution < 1.29 is 13.2 Å². The number of anilines is 2. The molecule has 0 radical (unpaired) electrons. The molecule has 0 bridgehead atoms. The van der Waals surface area contributed by atoms with Gasteiger partial charge in [0.05, 0.1) is 5.56 Å². The van der Waals surface area contributed by atoms with Crippen molar-refractivity contribution in [1.29, 1.82) is 0 Å². The first-order valence-electron chi connectivity index (χ1n) is 6.66. The van der Waals surface area contributed by atoms with E-state index in [1.807, 2.05) is 12.1 Å². The quantitative estimate of drug-likeness (QED) is 0.890. The standard InChI is InChI=1S/C15H14F3N3/c16-15(17,18)12-4-2-7-20-14(12)21-13-5-1-3-10-9-19-8-6-11(10)13/h1-5,7,19H,6,8-9H2,(H,20,21). The van der Waals surface area contributed by atoms with Gasteiger partial charge in [-0.1, -0.05) is 12.1 Å². The van der Waals surface area contributed by atoms with E-state index in [-0.39, 0.29) is 5.82 Å². The Labute approximate surface area is 120 Å². The van der Waals surface area contributed by atoms with Crippen LogP contribution in [0.15, 0.2) is 36.5 Å². The summed E-state index contributed by atoms with van der Waals surface area (Å²) in [5.74, 6) is -0.156. The third-order valence-electron chi connectivity index (χ3n) is 3.51. The Balaban J connectivity index is 1.99. The second-order valence-electron chi connectivity index (χ2n) is 4.89. The van der Waals surface area contributed by atoms with Gasteiger partial charge in [0.2, 0.25) is 0 Å². The van der Waals surface area contributed by atoms with Crippen LogP contribution in [0.4, 0.5) is 24.7 Å². The highest BCUT2D eigenvalue weighted by Gasteiger charge is 2.34. The monoisotopic (exact) mass is 293 g/mol. The van der Waals surface area contributed by atoms with Crippen molar-refractivity contribution in [3.8, 4) is 0 Å². The van der Waals surface area contributed by atoms with Gasteiger partial charge in [-0.3, -0.25) is 0 Å². The molecule has 0 spiro atoms. The summed E-state index contributed by atoms with van der Waals surface area (Å²) in [5, 5.41) is 6.09. The Bertz CT molecular complexity index is 653. The first-order chi connectivity index (χ1) is 10.1. The summed E-state index contributed by atoms with van der Waals surface area (Å²) >= 11 is 0. The molecule has 6 heteroatoms. The average molecular weight is 293 g/mol. The lowest BCUT2D eigenvalue weighted by Crippen LogP contribution is -2.24. The van der Waals surface area contributed by atoms with Crippen LogP contribution in [0.2, 0.25) is 0 Å². The maximum atomic E-state index is 13.0. The van der Waals surface area contributed by atoms with Gasteiger partial charge in [-0.15, -0.1) is 0 Å². The number of nitrogens with one attached hydrogen (secondary N) is 2. The molecule has 3 nitrogen and oxygen atoms in total. The van der Waals surface area contributed by atoms with Crippen LogP contribution in [0, 0.1) is 0 Å². The maximum absolute atomic E-state index is 13.0.